The molecule has 0 radical (unpaired) electrons. The van der Waals surface area contributed by atoms with Gasteiger partial charge in [0, 0.05) is 6.07 Å². The molecule has 4 nitrogen and oxygen atoms in total. The lowest BCUT2D eigenvalue weighted by Crippen LogP contribution is -2.30. The van der Waals surface area contributed by atoms with Gasteiger partial charge in [-0.2, -0.15) is 0 Å². The summed E-state index contributed by atoms with van der Waals surface area (Å²) in [7, 11) is 0. The summed E-state index contributed by atoms with van der Waals surface area (Å²) in [5.41, 5.74) is 6.73. The first kappa shape index (κ1) is 15.3. The van der Waals surface area contributed by atoms with Gasteiger partial charge in [-0.25, -0.2) is 4.39 Å². The Kier molecular flexibility index (Phi) is 4.80. The summed E-state index contributed by atoms with van der Waals surface area (Å²) in [6.07, 6.45) is -0.787. The topological polar surface area (TPSA) is 64.3 Å². The van der Waals surface area contributed by atoms with Gasteiger partial charge in [-0.3, -0.25) is 4.79 Å². The van der Waals surface area contributed by atoms with E-state index in [4.69, 9.17) is 10.5 Å². The third kappa shape index (κ3) is 3.95. The number of halogens is 2. The van der Waals surface area contributed by atoms with Gasteiger partial charge in [-0.15, -0.1) is 0 Å². The second kappa shape index (κ2) is 6.58. The first-order valence-electron chi connectivity index (χ1n) is 6.24. The molecule has 0 aliphatic carbocycles. The SMILES string of the molecule is CC(Oc1ccc(Br)c(F)c1)C(=O)Nc1ccccc1N. The van der Waals surface area contributed by atoms with Crippen LogP contribution in [0.5, 0.6) is 5.75 Å². The third-order valence-electron chi connectivity index (χ3n) is 2.79. The van der Waals surface area contributed by atoms with E-state index in [1.807, 2.05) is 0 Å². The van der Waals surface area contributed by atoms with Crippen molar-refractivity contribution in [2.45, 2.75) is 13.0 Å². The Morgan fingerprint density at radius 2 is 2.05 bits per heavy atom. The number of rotatable bonds is 4. The van der Waals surface area contributed by atoms with Crippen molar-refractivity contribution in [3.63, 3.8) is 0 Å². The lowest BCUT2D eigenvalue weighted by atomic mass is 10.2. The number of para-hydroxylation sites is 2. The number of amides is 1. The number of anilines is 2. The van der Waals surface area contributed by atoms with Crippen LogP contribution in [0, 0.1) is 5.82 Å². The predicted molar refractivity (Wildman–Crippen MR) is 83.7 cm³/mol. The molecule has 2 rings (SSSR count). The van der Waals surface area contributed by atoms with Crippen LogP contribution in [0.3, 0.4) is 0 Å². The minimum atomic E-state index is -0.787. The summed E-state index contributed by atoms with van der Waals surface area (Å²) < 4.78 is 19.1. The number of carbonyl (C=O) groups excluding carboxylic acids is 1. The molecule has 1 atom stereocenters. The van der Waals surface area contributed by atoms with Crippen LogP contribution in [0.2, 0.25) is 0 Å². The van der Waals surface area contributed by atoms with Gasteiger partial charge in [-0.05, 0) is 47.1 Å². The molecule has 1 unspecified atom stereocenters. The second-order valence-electron chi connectivity index (χ2n) is 4.41. The molecule has 2 aromatic rings. The summed E-state index contributed by atoms with van der Waals surface area (Å²) in [6, 6.07) is 11.2. The summed E-state index contributed by atoms with van der Waals surface area (Å²) >= 11 is 3.05. The van der Waals surface area contributed by atoms with Crippen LogP contribution >= 0.6 is 15.9 Å². The molecule has 110 valence electrons. The maximum atomic E-state index is 13.4. The van der Waals surface area contributed by atoms with E-state index in [1.165, 1.54) is 12.1 Å². The van der Waals surface area contributed by atoms with Crippen LogP contribution < -0.4 is 15.8 Å². The van der Waals surface area contributed by atoms with Crippen LogP contribution in [0.4, 0.5) is 15.8 Å². The van der Waals surface area contributed by atoms with E-state index in [9.17, 15) is 9.18 Å². The van der Waals surface area contributed by atoms with E-state index in [0.29, 0.717) is 15.8 Å². The first-order chi connectivity index (χ1) is 9.97. The van der Waals surface area contributed by atoms with Crippen molar-refractivity contribution in [1.29, 1.82) is 0 Å². The fraction of sp³-hybridized carbons (Fsp3) is 0.133. The van der Waals surface area contributed by atoms with Crippen LogP contribution in [-0.2, 0) is 4.79 Å². The van der Waals surface area contributed by atoms with E-state index in [1.54, 1.807) is 37.3 Å². The van der Waals surface area contributed by atoms with Gasteiger partial charge in [-0.1, -0.05) is 12.1 Å². The maximum Gasteiger partial charge on any atom is 0.265 e. The Balaban J connectivity index is 2.02. The Morgan fingerprint density at radius 3 is 2.71 bits per heavy atom. The smallest absolute Gasteiger partial charge is 0.265 e. The molecule has 3 N–H and O–H groups in total. The zero-order valence-corrected chi connectivity index (χ0v) is 12.9. The lowest BCUT2D eigenvalue weighted by Gasteiger charge is -2.15. The van der Waals surface area contributed by atoms with Crippen LogP contribution in [0.1, 0.15) is 6.92 Å². The van der Waals surface area contributed by atoms with Crippen molar-refractivity contribution in [3.8, 4) is 5.75 Å². The molecule has 0 aromatic heterocycles. The van der Waals surface area contributed by atoms with Gasteiger partial charge in [0.2, 0.25) is 0 Å². The fourth-order valence-electron chi connectivity index (χ4n) is 1.65. The Morgan fingerprint density at radius 1 is 1.33 bits per heavy atom. The molecule has 0 fully saturated rings. The van der Waals surface area contributed by atoms with Gasteiger partial charge < -0.3 is 15.8 Å². The molecular formula is C15H14BrFN2O2. The molecule has 2 aromatic carbocycles. The summed E-state index contributed by atoms with van der Waals surface area (Å²) in [5, 5.41) is 2.66. The standard InChI is InChI=1S/C15H14BrFN2O2/c1-9(21-10-6-7-11(16)12(17)8-10)15(20)19-14-5-3-2-4-13(14)18/h2-9H,18H2,1H3,(H,19,20). The lowest BCUT2D eigenvalue weighted by molar-refractivity contribution is -0.122. The zero-order valence-electron chi connectivity index (χ0n) is 11.3. The third-order valence-corrected chi connectivity index (χ3v) is 3.43. The number of hydrogen-bond acceptors (Lipinski definition) is 3. The zero-order chi connectivity index (χ0) is 15.4. The van der Waals surface area contributed by atoms with Gasteiger partial charge in [0.05, 0.1) is 15.8 Å². The van der Waals surface area contributed by atoms with Gasteiger partial charge in [0.25, 0.3) is 5.91 Å². The number of carbonyl (C=O) groups is 1. The molecule has 21 heavy (non-hydrogen) atoms. The molecule has 0 saturated carbocycles. The Hall–Kier alpha value is -2.08. The molecule has 0 bridgehead atoms. The quantitative estimate of drug-likeness (QED) is 0.826. The van der Waals surface area contributed by atoms with E-state index in [2.05, 4.69) is 21.2 Å². The number of nitrogen functional groups attached to an aromatic ring is 1. The monoisotopic (exact) mass is 352 g/mol. The van der Waals surface area contributed by atoms with Crippen molar-refractivity contribution < 1.29 is 13.9 Å². The largest absolute Gasteiger partial charge is 0.481 e. The van der Waals surface area contributed by atoms with Crippen LogP contribution in [0.15, 0.2) is 46.9 Å². The van der Waals surface area contributed by atoms with E-state index >= 15 is 0 Å². The van der Waals surface area contributed by atoms with E-state index < -0.39 is 11.9 Å². The number of benzene rings is 2. The average Bonchev–Trinajstić information content (AvgIpc) is 2.45. The normalized spacial score (nSPS) is 11.8. The Labute approximate surface area is 130 Å². The predicted octanol–water partition coefficient (Wildman–Crippen LogP) is 3.58. The van der Waals surface area contributed by atoms with Gasteiger partial charge in [0.1, 0.15) is 11.6 Å². The number of nitrogens with two attached hydrogens (primary N) is 1. The first-order valence-corrected chi connectivity index (χ1v) is 7.03. The molecule has 0 aliphatic heterocycles. The molecule has 6 heteroatoms. The number of nitrogens with one attached hydrogen (secondary N) is 1. The summed E-state index contributed by atoms with van der Waals surface area (Å²) in [5.74, 6) is -0.539. The van der Waals surface area contributed by atoms with Crippen molar-refractivity contribution >= 4 is 33.2 Å². The second-order valence-corrected chi connectivity index (χ2v) is 5.27. The molecule has 0 saturated heterocycles. The number of hydrogen-bond donors (Lipinski definition) is 2. The fourth-order valence-corrected chi connectivity index (χ4v) is 1.90. The van der Waals surface area contributed by atoms with E-state index in [0.717, 1.165) is 0 Å². The number of ether oxygens (including phenoxy) is 1. The van der Waals surface area contributed by atoms with Gasteiger partial charge >= 0.3 is 0 Å². The molecule has 0 spiro atoms. The average molecular weight is 353 g/mol. The van der Waals surface area contributed by atoms with E-state index in [-0.39, 0.29) is 11.7 Å². The minimum Gasteiger partial charge on any atom is -0.481 e. The molecule has 0 heterocycles. The highest BCUT2D eigenvalue weighted by Gasteiger charge is 2.16. The molecular weight excluding hydrogens is 339 g/mol. The maximum absolute atomic E-state index is 13.4. The van der Waals surface area contributed by atoms with Gasteiger partial charge in [0.15, 0.2) is 6.10 Å². The minimum absolute atomic E-state index is 0.277. The summed E-state index contributed by atoms with van der Waals surface area (Å²) in [6.45, 7) is 1.58. The van der Waals surface area contributed by atoms with Crippen molar-refractivity contribution in [1.82, 2.24) is 0 Å². The molecule has 0 aliphatic rings. The highest BCUT2D eigenvalue weighted by atomic mass is 79.9. The van der Waals surface area contributed by atoms with Crippen LogP contribution in [-0.4, -0.2) is 12.0 Å². The van der Waals surface area contributed by atoms with Crippen molar-refractivity contribution in [2.24, 2.45) is 0 Å². The van der Waals surface area contributed by atoms with Crippen molar-refractivity contribution in [3.05, 3.63) is 52.8 Å². The highest BCUT2D eigenvalue weighted by molar-refractivity contribution is 9.10. The molecule has 1 amide bonds. The Bertz CT molecular complexity index is 664. The van der Waals surface area contributed by atoms with Crippen LogP contribution in [0.25, 0.3) is 0 Å². The highest BCUT2D eigenvalue weighted by Crippen LogP contribution is 2.22. The van der Waals surface area contributed by atoms with Crippen molar-refractivity contribution in [2.75, 3.05) is 11.1 Å². The summed E-state index contributed by atoms with van der Waals surface area (Å²) in [4.78, 5) is 12.0.